The number of aromatic amines is 1. The third kappa shape index (κ3) is 4.02. The molecule has 0 spiro atoms. The molecule has 0 saturated carbocycles. The topological polar surface area (TPSA) is 70.1 Å². The summed E-state index contributed by atoms with van der Waals surface area (Å²) in [5.41, 5.74) is 5.76. The van der Waals surface area contributed by atoms with Gasteiger partial charge in [0, 0.05) is 11.1 Å². The fourth-order valence-electron chi connectivity index (χ4n) is 1.70. The van der Waals surface area contributed by atoms with Crippen molar-refractivity contribution in [1.29, 1.82) is 0 Å². The van der Waals surface area contributed by atoms with Gasteiger partial charge in [0.05, 0.1) is 6.21 Å². The zero-order chi connectivity index (χ0) is 15.5. The number of nitrogens with zero attached hydrogens (tertiary/aromatic N) is 2. The first-order chi connectivity index (χ1) is 9.86. The smallest absolute Gasteiger partial charge is 0.281 e. The molecule has 5 nitrogen and oxygen atoms in total. The molecule has 0 fully saturated rings. The summed E-state index contributed by atoms with van der Waals surface area (Å²) >= 11 is 0. The van der Waals surface area contributed by atoms with Gasteiger partial charge in [0.1, 0.15) is 0 Å². The summed E-state index contributed by atoms with van der Waals surface area (Å²) in [5.74, 6) is -0.329. The summed E-state index contributed by atoms with van der Waals surface area (Å²) < 4.78 is 0. The van der Waals surface area contributed by atoms with Gasteiger partial charge in [-0.05, 0) is 18.6 Å². The summed E-state index contributed by atoms with van der Waals surface area (Å²) in [6.45, 7) is 8.18. The van der Waals surface area contributed by atoms with Crippen molar-refractivity contribution >= 4 is 12.1 Å². The van der Waals surface area contributed by atoms with Crippen LogP contribution < -0.4 is 5.43 Å². The molecule has 2 aromatic rings. The number of H-pyrrole nitrogens is 1. The Balaban J connectivity index is 1.98. The molecule has 1 heterocycles. The maximum Gasteiger partial charge on any atom is 0.291 e. The van der Waals surface area contributed by atoms with E-state index in [9.17, 15) is 4.79 Å². The molecule has 110 valence electrons. The lowest BCUT2D eigenvalue weighted by molar-refractivity contribution is 0.0950. The molecule has 0 unspecified atom stereocenters. The number of carbonyl (C=O) groups excluding carboxylic acids is 1. The number of nitrogens with one attached hydrogen (secondary N) is 2. The van der Waals surface area contributed by atoms with Crippen molar-refractivity contribution in [3.63, 3.8) is 0 Å². The molecular formula is C16H20N4O. The second-order valence-electron chi connectivity index (χ2n) is 6.03. The van der Waals surface area contributed by atoms with Crippen LogP contribution >= 0.6 is 0 Å². The highest BCUT2D eigenvalue weighted by atomic mass is 16.2. The summed E-state index contributed by atoms with van der Waals surface area (Å²) in [7, 11) is 0. The third-order valence-electron chi connectivity index (χ3n) is 3.08. The first-order valence-corrected chi connectivity index (χ1v) is 6.82. The minimum Gasteiger partial charge on any atom is -0.281 e. The predicted molar refractivity (Wildman–Crippen MR) is 83.5 cm³/mol. The number of amides is 1. The van der Waals surface area contributed by atoms with Gasteiger partial charge in [-0.15, -0.1) is 0 Å². The van der Waals surface area contributed by atoms with Gasteiger partial charge < -0.3 is 0 Å². The lowest BCUT2D eigenvalue weighted by atomic mass is 9.92. The summed E-state index contributed by atoms with van der Waals surface area (Å²) in [4.78, 5) is 11.9. The maximum atomic E-state index is 11.9. The molecule has 21 heavy (non-hydrogen) atoms. The van der Waals surface area contributed by atoms with Crippen LogP contribution in [0.15, 0.2) is 35.4 Å². The van der Waals surface area contributed by atoms with E-state index in [4.69, 9.17) is 0 Å². The molecule has 0 aliphatic carbocycles. The van der Waals surface area contributed by atoms with Gasteiger partial charge in [0.2, 0.25) is 0 Å². The van der Waals surface area contributed by atoms with E-state index in [1.54, 1.807) is 12.3 Å². The Hall–Kier alpha value is -2.43. The molecule has 0 bridgehead atoms. The average molecular weight is 284 g/mol. The van der Waals surface area contributed by atoms with Crippen molar-refractivity contribution in [3.8, 4) is 0 Å². The van der Waals surface area contributed by atoms with Gasteiger partial charge in [0.25, 0.3) is 5.91 Å². The molecule has 0 radical (unpaired) electrons. The number of carbonyl (C=O) groups is 1. The quantitative estimate of drug-likeness (QED) is 0.672. The zero-order valence-electron chi connectivity index (χ0n) is 12.8. The Labute approximate surface area is 124 Å². The predicted octanol–water partition coefficient (Wildman–Crippen LogP) is 2.78. The lowest BCUT2D eigenvalue weighted by Crippen LogP contribution is -2.18. The molecule has 1 aromatic heterocycles. The summed E-state index contributed by atoms with van der Waals surface area (Å²) in [6.07, 6.45) is 1.61. The van der Waals surface area contributed by atoms with Gasteiger partial charge >= 0.3 is 0 Å². The molecule has 0 atom stereocenters. The lowest BCUT2D eigenvalue weighted by Gasteiger charge is -2.14. The van der Waals surface area contributed by atoms with E-state index in [-0.39, 0.29) is 11.3 Å². The number of hydrogen-bond donors (Lipinski definition) is 2. The Kier molecular flexibility index (Phi) is 4.21. The van der Waals surface area contributed by atoms with Gasteiger partial charge in [-0.1, -0.05) is 50.6 Å². The minimum atomic E-state index is -0.329. The number of aryl methyl sites for hydroxylation is 1. The highest BCUT2D eigenvalue weighted by Gasteiger charge is 2.18. The first kappa shape index (κ1) is 15.0. The van der Waals surface area contributed by atoms with Gasteiger partial charge in [-0.3, -0.25) is 9.89 Å². The number of benzene rings is 1. The molecule has 5 heteroatoms. The van der Waals surface area contributed by atoms with Crippen molar-refractivity contribution in [2.75, 3.05) is 0 Å². The average Bonchev–Trinajstić information content (AvgIpc) is 2.90. The molecule has 1 aromatic carbocycles. The normalized spacial score (nSPS) is 11.8. The first-order valence-electron chi connectivity index (χ1n) is 6.82. The van der Waals surface area contributed by atoms with Crippen LogP contribution in [0.5, 0.6) is 0 Å². The fraction of sp³-hybridized carbons (Fsp3) is 0.312. The Morgan fingerprint density at radius 1 is 1.29 bits per heavy atom. The van der Waals surface area contributed by atoms with E-state index in [1.165, 1.54) is 5.56 Å². The van der Waals surface area contributed by atoms with Crippen LogP contribution in [0, 0.1) is 6.92 Å². The largest absolute Gasteiger partial charge is 0.291 e. The molecule has 0 aliphatic heterocycles. The Bertz CT molecular complexity index is 648. The Morgan fingerprint density at radius 3 is 2.52 bits per heavy atom. The van der Waals surface area contributed by atoms with Crippen LogP contribution in [0.1, 0.15) is 48.1 Å². The maximum absolute atomic E-state index is 11.9. The SMILES string of the molecule is Cc1ccc(C=NNC(=O)c2cc(C(C)(C)C)[nH]n2)cc1. The Morgan fingerprint density at radius 2 is 1.95 bits per heavy atom. The summed E-state index contributed by atoms with van der Waals surface area (Å²) in [5, 5.41) is 10.8. The van der Waals surface area contributed by atoms with Crippen LogP contribution in [0.25, 0.3) is 0 Å². The second kappa shape index (κ2) is 5.91. The second-order valence-corrected chi connectivity index (χ2v) is 6.03. The molecular weight excluding hydrogens is 264 g/mol. The standard InChI is InChI=1S/C16H20N4O/c1-11-5-7-12(8-6-11)10-17-20-15(21)13-9-14(19-18-13)16(2,3)4/h5-10H,1-4H3,(H,18,19)(H,20,21). The minimum absolute atomic E-state index is 0.0727. The van der Waals surface area contributed by atoms with Crippen molar-refractivity contribution in [2.45, 2.75) is 33.1 Å². The van der Waals surface area contributed by atoms with Crippen molar-refractivity contribution in [1.82, 2.24) is 15.6 Å². The highest BCUT2D eigenvalue weighted by Crippen LogP contribution is 2.20. The molecule has 1 amide bonds. The molecule has 0 aliphatic rings. The van der Waals surface area contributed by atoms with E-state index >= 15 is 0 Å². The highest BCUT2D eigenvalue weighted by molar-refractivity contribution is 5.93. The number of rotatable bonds is 3. The number of aromatic nitrogens is 2. The van der Waals surface area contributed by atoms with E-state index in [1.807, 2.05) is 31.2 Å². The van der Waals surface area contributed by atoms with E-state index in [0.29, 0.717) is 5.69 Å². The molecule has 0 saturated heterocycles. The van der Waals surface area contributed by atoms with Crippen LogP contribution in [-0.4, -0.2) is 22.3 Å². The molecule has 2 rings (SSSR count). The van der Waals surface area contributed by atoms with Gasteiger partial charge in [-0.2, -0.15) is 10.2 Å². The van der Waals surface area contributed by atoms with E-state index in [0.717, 1.165) is 11.3 Å². The van der Waals surface area contributed by atoms with Crippen LogP contribution in [0.4, 0.5) is 0 Å². The van der Waals surface area contributed by atoms with E-state index in [2.05, 4.69) is 41.5 Å². The number of hydrogen-bond acceptors (Lipinski definition) is 3. The molecule has 2 N–H and O–H groups in total. The van der Waals surface area contributed by atoms with Gasteiger partial charge in [0.15, 0.2) is 5.69 Å². The third-order valence-corrected chi connectivity index (χ3v) is 3.08. The van der Waals surface area contributed by atoms with Crippen LogP contribution in [-0.2, 0) is 5.41 Å². The van der Waals surface area contributed by atoms with Crippen molar-refractivity contribution in [3.05, 3.63) is 52.8 Å². The van der Waals surface area contributed by atoms with Crippen LogP contribution in [0.2, 0.25) is 0 Å². The van der Waals surface area contributed by atoms with Gasteiger partial charge in [-0.25, -0.2) is 5.43 Å². The van der Waals surface area contributed by atoms with Crippen molar-refractivity contribution in [2.24, 2.45) is 5.10 Å². The monoisotopic (exact) mass is 284 g/mol. The van der Waals surface area contributed by atoms with Crippen molar-refractivity contribution < 1.29 is 4.79 Å². The number of hydrazone groups is 1. The summed E-state index contributed by atoms with van der Waals surface area (Å²) in [6, 6.07) is 9.62. The van der Waals surface area contributed by atoms with E-state index < -0.39 is 0 Å². The fourth-order valence-corrected chi connectivity index (χ4v) is 1.70. The zero-order valence-corrected chi connectivity index (χ0v) is 12.8. The van der Waals surface area contributed by atoms with Crippen LogP contribution in [0.3, 0.4) is 0 Å².